The van der Waals surface area contributed by atoms with Crippen molar-refractivity contribution < 1.29 is 9.53 Å². The number of carbonyl (C=O) groups excluding carboxylic acids is 1. The minimum atomic E-state index is -0.440. The molecule has 1 heterocycles. The van der Waals surface area contributed by atoms with Crippen molar-refractivity contribution in [3.8, 4) is 11.1 Å². The van der Waals surface area contributed by atoms with Crippen molar-refractivity contribution in [3.63, 3.8) is 0 Å². The van der Waals surface area contributed by atoms with Gasteiger partial charge in [-0.05, 0) is 44.5 Å². The van der Waals surface area contributed by atoms with Crippen LogP contribution in [0.3, 0.4) is 0 Å². The van der Waals surface area contributed by atoms with E-state index >= 15 is 0 Å². The molecule has 0 unspecified atom stereocenters. The Morgan fingerprint density at radius 1 is 1.35 bits per heavy atom. The molecule has 1 amide bonds. The summed E-state index contributed by atoms with van der Waals surface area (Å²) in [5, 5.41) is 4.24. The van der Waals surface area contributed by atoms with Gasteiger partial charge in [-0.3, -0.25) is 5.32 Å². The topological polar surface area (TPSA) is 38.3 Å². The summed E-state index contributed by atoms with van der Waals surface area (Å²) in [5.74, 6) is 0. The van der Waals surface area contributed by atoms with E-state index in [1.165, 1.54) is 11.3 Å². The molecule has 1 N–H and O–H groups in total. The second kappa shape index (κ2) is 6.29. The van der Waals surface area contributed by atoms with E-state index in [4.69, 9.17) is 16.3 Å². The number of hydrogen-bond donors (Lipinski definition) is 1. The summed E-state index contributed by atoms with van der Waals surface area (Å²) in [6.07, 6.45) is -0.587. The molecule has 0 fully saturated rings. The Labute approximate surface area is 127 Å². The first-order valence-electron chi connectivity index (χ1n) is 6.29. The third kappa shape index (κ3) is 3.74. The van der Waals surface area contributed by atoms with Gasteiger partial charge in [-0.15, -0.1) is 11.3 Å². The third-order valence-electron chi connectivity index (χ3n) is 2.55. The normalized spacial score (nSPS) is 10.7. The molecule has 0 saturated carbocycles. The van der Waals surface area contributed by atoms with Gasteiger partial charge < -0.3 is 4.74 Å². The van der Waals surface area contributed by atoms with Crippen LogP contribution >= 0.6 is 22.9 Å². The molecule has 3 nitrogen and oxygen atoms in total. The third-order valence-corrected chi connectivity index (χ3v) is 3.75. The largest absolute Gasteiger partial charge is 0.447 e. The summed E-state index contributed by atoms with van der Waals surface area (Å²) in [4.78, 5) is 12.8. The summed E-state index contributed by atoms with van der Waals surface area (Å²) in [5.41, 5.74) is 1.93. The molecule has 0 bridgehead atoms. The number of nitrogens with one attached hydrogen (secondary N) is 1. The average molecular weight is 310 g/mol. The van der Waals surface area contributed by atoms with Crippen LogP contribution in [0.2, 0.25) is 5.02 Å². The smallest absolute Gasteiger partial charge is 0.412 e. The zero-order valence-corrected chi connectivity index (χ0v) is 13.1. The molecular weight excluding hydrogens is 294 g/mol. The Balaban J connectivity index is 2.29. The lowest BCUT2D eigenvalue weighted by molar-refractivity contribution is 0.130. The number of amides is 1. The molecule has 0 aliphatic heterocycles. The number of rotatable bonds is 3. The lowest BCUT2D eigenvalue weighted by Gasteiger charge is -2.10. The number of benzene rings is 1. The molecule has 20 heavy (non-hydrogen) atoms. The van der Waals surface area contributed by atoms with E-state index < -0.39 is 6.09 Å². The number of carbonyl (C=O) groups is 1. The maximum absolute atomic E-state index is 11.7. The summed E-state index contributed by atoms with van der Waals surface area (Å²) < 4.78 is 5.11. The number of halogens is 1. The Morgan fingerprint density at radius 3 is 2.75 bits per heavy atom. The van der Waals surface area contributed by atoms with Gasteiger partial charge in [-0.25, -0.2) is 4.79 Å². The van der Waals surface area contributed by atoms with Crippen molar-refractivity contribution in [1.29, 1.82) is 0 Å². The monoisotopic (exact) mass is 309 g/mol. The number of anilines is 1. The molecule has 0 spiro atoms. The SMILES string of the molecule is Cc1cc(-c2cccc(Cl)c2)c(NC(=O)OC(C)C)s1. The Hall–Kier alpha value is -1.52. The molecule has 106 valence electrons. The van der Waals surface area contributed by atoms with Gasteiger partial charge in [-0.1, -0.05) is 23.7 Å². The molecule has 0 aliphatic rings. The Kier molecular flexibility index (Phi) is 4.68. The number of ether oxygens (including phenoxy) is 1. The van der Waals surface area contributed by atoms with E-state index in [1.807, 2.05) is 51.1 Å². The van der Waals surface area contributed by atoms with Crippen molar-refractivity contribution >= 4 is 34.0 Å². The highest BCUT2D eigenvalue weighted by Gasteiger charge is 2.14. The Bertz CT molecular complexity index is 622. The van der Waals surface area contributed by atoms with E-state index in [1.54, 1.807) is 0 Å². The summed E-state index contributed by atoms with van der Waals surface area (Å²) in [7, 11) is 0. The minimum absolute atomic E-state index is 0.148. The maximum atomic E-state index is 11.7. The van der Waals surface area contributed by atoms with Crippen molar-refractivity contribution in [1.82, 2.24) is 0 Å². The number of thiophene rings is 1. The lowest BCUT2D eigenvalue weighted by atomic mass is 10.1. The molecule has 1 aromatic carbocycles. The quantitative estimate of drug-likeness (QED) is 0.831. The van der Waals surface area contributed by atoms with E-state index in [9.17, 15) is 4.79 Å². The van der Waals surface area contributed by atoms with Gasteiger partial charge in [0.25, 0.3) is 0 Å². The van der Waals surface area contributed by atoms with Gasteiger partial charge in [0.15, 0.2) is 0 Å². The first-order valence-corrected chi connectivity index (χ1v) is 7.49. The van der Waals surface area contributed by atoms with Crippen LogP contribution in [-0.2, 0) is 4.74 Å². The van der Waals surface area contributed by atoms with Crippen LogP contribution in [0.25, 0.3) is 11.1 Å². The van der Waals surface area contributed by atoms with E-state index in [0.717, 1.165) is 21.0 Å². The van der Waals surface area contributed by atoms with E-state index in [0.29, 0.717) is 5.02 Å². The molecule has 2 rings (SSSR count). The predicted octanol–water partition coefficient (Wildman–Crippen LogP) is 5.33. The zero-order valence-electron chi connectivity index (χ0n) is 11.6. The fourth-order valence-corrected chi connectivity index (χ4v) is 2.92. The van der Waals surface area contributed by atoms with Crippen LogP contribution in [0.1, 0.15) is 18.7 Å². The highest BCUT2D eigenvalue weighted by molar-refractivity contribution is 7.16. The minimum Gasteiger partial charge on any atom is -0.447 e. The van der Waals surface area contributed by atoms with Gasteiger partial charge in [0.2, 0.25) is 0 Å². The first-order chi connectivity index (χ1) is 9.45. The van der Waals surface area contributed by atoms with Crippen LogP contribution in [0.5, 0.6) is 0 Å². The zero-order chi connectivity index (χ0) is 14.7. The second-order valence-corrected chi connectivity index (χ2v) is 6.38. The summed E-state index contributed by atoms with van der Waals surface area (Å²) in [6, 6.07) is 9.58. The second-order valence-electron chi connectivity index (χ2n) is 4.69. The van der Waals surface area contributed by atoms with Gasteiger partial charge in [0.1, 0.15) is 5.00 Å². The molecule has 2 aromatic rings. The van der Waals surface area contributed by atoms with Crippen LogP contribution in [0.15, 0.2) is 30.3 Å². The number of hydrogen-bond acceptors (Lipinski definition) is 3. The number of aryl methyl sites for hydroxylation is 1. The predicted molar refractivity (Wildman–Crippen MR) is 84.7 cm³/mol. The molecule has 0 radical (unpaired) electrons. The van der Waals surface area contributed by atoms with Gasteiger partial charge in [-0.2, -0.15) is 0 Å². The lowest BCUT2D eigenvalue weighted by Crippen LogP contribution is -2.17. The van der Waals surface area contributed by atoms with Crippen LogP contribution in [0, 0.1) is 6.92 Å². The van der Waals surface area contributed by atoms with Crippen LogP contribution in [-0.4, -0.2) is 12.2 Å². The van der Waals surface area contributed by atoms with Crippen molar-refractivity contribution in [2.75, 3.05) is 5.32 Å². The van der Waals surface area contributed by atoms with Crippen molar-refractivity contribution in [3.05, 3.63) is 40.2 Å². The highest BCUT2D eigenvalue weighted by Crippen LogP contribution is 2.36. The van der Waals surface area contributed by atoms with Crippen molar-refractivity contribution in [2.24, 2.45) is 0 Å². The maximum Gasteiger partial charge on any atom is 0.412 e. The molecule has 0 saturated heterocycles. The fraction of sp³-hybridized carbons (Fsp3) is 0.267. The van der Waals surface area contributed by atoms with Gasteiger partial charge >= 0.3 is 6.09 Å². The summed E-state index contributed by atoms with van der Waals surface area (Å²) in [6.45, 7) is 5.63. The Morgan fingerprint density at radius 2 is 2.10 bits per heavy atom. The average Bonchev–Trinajstić information content (AvgIpc) is 2.69. The van der Waals surface area contributed by atoms with E-state index in [2.05, 4.69) is 5.32 Å². The van der Waals surface area contributed by atoms with Crippen LogP contribution < -0.4 is 5.32 Å². The highest BCUT2D eigenvalue weighted by atomic mass is 35.5. The van der Waals surface area contributed by atoms with Gasteiger partial charge in [0.05, 0.1) is 6.10 Å². The standard InChI is InChI=1S/C15H16ClNO2S/c1-9(2)19-15(18)17-14-13(7-10(3)20-14)11-5-4-6-12(16)8-11/h4-9H,1-3H3,(H,17,18). The van der Waals surface area contributed by atoms with E-state index in [-0.39, 0.29) is 6.10 Å². The summed E-state index contributed by atoms with van der Waals surface area (Å²) >= 11 is 7.54. The molecule has 1 aromatic heterocycles. The van der Waals surface area contributed by atoms with Crippen molar-refractivity contribution in [2.45, 2.75) is 26.9 Å². The fourth-order valence-electron chi connectivity index (χ4n) is 1.81. The van der Waals surface area contributed by atoms with Crippen LogP contribution in [0.4, 0.5) is 9.80 Å². The molecule has 0 aliphatic carbocycles. The first kappa shape index (κ1) is 14.9. The molecular formula is C15H16ClNO2S. The molecule has 5 heteroatoms. The molecule has 0 atom stereocenters. The van der Waals surface area contributed by atoms with Gasteiger partial charge in [0, 0.05) is 15.5 Å².